The molecule has 0 bridgehead atoms. The zero-order valence-electron chi connectivity index (χ0n) is 25.6. The van der Waals surface area contributed by atoms with E-state index in [2.05, 4.69) is 15.6 Å². The van der Waals surface area contributed by atoms with Gasteiger partial charge in [-0.1, -0.05) is 42.5 Å². The van der Waals surface area contributed by atoms with Gasteiger partial charge >= 0.3 is 6.09 Å². The lowest BCUT2D eigenvalue weighted by molar-refractivity contribution is 0.0470. The number of hydrogen-bond donors (Lipinski definition) is 5. The van der Waals surface area contributed by atoms with Crippen LogP contribution in [0.3, 0.4) is 0 Å². The van der Waals surface area contributed by atoms with E-state index < -0.39 is 47.7 Å². The van der Waals surface area contributed by atoms with Crippen LogP contribution in [0.4, 0.5) is 9.18 Å². The van der Waals surface area contributed by atoms with E-state index in [1.165, 1.54) is 36.9 Å². The summed E-state index contributed by atoms with van der Waals surface area (Å²) in [6, 6.07) is 16.2. The van der Waals surface area contributed by atoms with Crippen LogP contribution >= 0.6 is 0 Å². The van der Waals surface area contributed by atoms with Gasteiger partial charge in [0.25, 0.3) is 11.5 Å². The molecule has 0 fully saturated rings. The Morgan fingerprint density at radius 3 is 2.43 bits per heavy atom. The molecule has 0 saturated heterocycles. The van der Waals surface area contributed by atoms with Gasteiger partial charge in [0, 0.05) is 39.0 Å². The summed E-state index contributed by atoms with van der Waals surface area (Å²) >= 11 is 0. The molecule has 13 heteroatoms. The second kappa shape index (κ2) is 15.9. The van der Waals surface area contributed by atoms with Gasteiger partial charge in [-0.05, 0) is 54.7 Å². The number of aliphatic hydroxyl groups excluding tert-OH is 2. The molecule has 2 aromatic carbocycles. The lowest BCUT2D eigenvalue weighted by Crippen LogP contribution is -2.45. The van der Waals surface area contributed by atoms with Crippen molar-refractivity contribution in [3.8, 4) is 5.75 Å². The molecule has 4 aromatic rings. The second-order valence-corrected chi connectivity index (χ2v) is 10.8. The Morgan fingerprint density at radius 1 is 1.07 bits per heavy atom. The van der Waals surface area contributed by atoms with Crippen LogP contribution in [0.25, 0.3) is 11.0 Å². The zero-order valence-corrected chi connectivity index (χ0v) is 25.6. The van der Waals surface area contributed by atoms with Gasteiger partial charge in [0.1, 0.15) is 29.7 Å². The third-order valence-electron chi connectivity index (χ3n) is 7.40. The predicted molar refractivity (Wildman–Crippen MR) is 169 cm³/mol. The molecule has 2 unspecified atom stereocenters. The van der Waals surface area contributed by atoms with E-state index >= 15 is 0 Å². The van der Waals surface area contributed by atoms with Crippen LogP contribution < -0.4 is 16.2 Å². The van der Waals surface area contributed by atoms with Gasteiger partial charge in [-0.15, -0.1) is 0 Å². The Kier molecular flexibility index (Phi) is 11.8. The van der Waals surface area contributed by atoms with Gasteiger partial charge in [-0.3, -0.25) is 24.0 Å². The van der Waals surface area contributed by atoms with Gasteiger partial charge in [0.2, 0.25) is 0 Å². The zero-order chi connectivity index (χ0) is 33.2. The van der Waals surface area contributed by atoms with Crippen molar-refractivity contribution in [1.82, 2.24) is 25.1 Å². The summed E-state index contributed by atoms with van der Waals surface area (Å²) in [6.45, 7) is 1.14. The average Bonchev–Trinajstić information content (AvgIpc) is 3.05. The number of carbonyl (C=O) groups excluding carboxylic acids is 2. The molecule has 0 spiro atoms. The molecule has 2 heterocycles. The molecule has 2 atom stereocenters. The highest BCUT2D eigenvalue weighted by atomic mass is 19.1. The van der Waals surface area contributed by atoms with Gasteiger partial charge in [-0.2, -0.15) is 0 Å². The monoisotopic (exact) mass is 635 g/mol. The van der Waals surface area contributed by atoms with Crippen molar-refractivity contribution in [2.75, 3.05) is 33.4 Å². The van der Waals surface area contributed by atoms with E-state index in [0.717, 1.165) is 11.1 Å². The van der Waals surface area contributed by atoms with E-state index in [-0.39, 0.29) is 43.2 Å². The number of rotatable bonds is 14. The van der Waals surface area contributed by atoms with E-state index in [4.69, 9.17) is 4.74 Å². The van der Waals surface area contributed by atoms with Crippen LogP contribution in [-0.4, -0.2) is 81.2 Å². The number of aromatic hydroxyl groups is 1. The number of halogens is 1. The molecule has 5 N–H and O–H groups in total. The standard InChI is InChI=1S/C33H38FN5O7/c1-21(19-41)37-31(43)28-30(42)29-26(16-24(17-36-29)15-22-9-11-25(34)12-10-22)39(32(28)44)27(20-46-33(45)35-2)38(13-6-14-40)18-23-7-4-3-5-8-23/h3-5,7-12,16-17,21,27,40-42H,6,13-15,18-20H2,1-2H3,(H,35,45)(H,37,43). The molecule has 244 valence electrons. The van der Waals surface area contributed by atoms with Gasteiger partial charge in [0.15, 0.2) is 5.75 Å². The molecular formula is C33H38FN5O7. The highest BCUT2D eigenvalue weighted by molar-refractivity contribution is 6.01. The molecule has 2 amide bonds. The summed E-state index contributed by atoms with van der Waals surface area (Å²) in [5, 5.41) is 35.4. The highest BCUT2D eigenvalue weighted by Gasteiger charge is 2.31. The maximum atomic E-state index is 14.4. The lowest BCUT2D eigenvalue weighted by Gasteiger charge is -2.34. The maximum absolute atomic E-state index is 14.4. The van der Waals surface area contributed by atoms with Crippen LogP contribution in [0.15, 0.2) is 71.7 Å². The highest BCUT2D eigenvalue weighted by Crippen LogP contribution is 2.30. The van der Waals surface area contributed by atoms with Crippen LogP contribution in [0.1, 0.15) is 46.6 Å². The number of aromatic nitrogens is 2. The van der Waals surface area contributed by atoms with E-state index in [1.54, 1.807) is 18.2 Å². The molecule has 0 aliphatic rings. The third-order valence-corrected chi connectivity index (χ3v) is 7.40. The van der Waals surface area contributed by atoms with Crippen LogP contribution in [0, 0.1) is 5.82 Å². The number of aliphatic hydroxyl groups is 2. The van der Waals surface area contributed by atoms with Crippen molar-refractivity contribution in [2.45, 2.75) is 38.5 Å². The number of pyridine rings is 2. The van der Waals surface area contributed by atoms with Crippen molar-refractivity contribution < 1.29 is 34.0 Å². The molecular weight excluding hydrogens is 597 g/mol. The topological polar surface area (TPSA) is 166 Å². The molecule has 12 nitrogen and oxygen atoms in total. The van der Waals surface area contributed by atoms with Crippen molar-refractivity contribution in [2.24, 2.45) is 0 Å². The number of nitrogens with one attached hydrogen (secondary N) is 2. The van der Waals surface area contributed by atoms with Gasteiger partial charge < -0.3 is 30.7 Å². The molecule has 0 aliphatic carbocycles. The number of nitrogens with zero attached hydrogens (tertiary/aromatic N) is 3. The number of fused-ring (bicyclic) bond motifs is 1. The first-order chi connectivity index (χ1) is 22.2. The Labute approximate surface area is 265 Å². The minimum atomic E-state index is -1.04. The molecule has 0 saturated carbocycles. The summed E-state index contributed by atoms with van der Waals surface area (Å²) in [6.07, 6.45) is 0.314. The molecule has 0 radical (unpaired) electrons. The van der Waals surface area contributed by atoms with Crippen LogP contribution in [0.2, 0.25) is 0 Å². The molecule has 0 aliphatic heterocycles. The molecule has 4 rings (SSSR count). The fraction of sp³-hybridized carbons (Fsp3) is 0.333. The average molecular weight is 636 g/mol. The fourth-order valence-electron chi connectivity index (χ4n) is 5.08. The lowest BCUT2D eigenvalue weighted by atomic mass is 10.0. The first-order valence-corrected chi connectivity index (χ1v) is 14.8. The summed E-state index contributed by atoms with van der Waals surface area (Å²) in [5.74, 6) is -1.96. The van der Waals surface area contributed by atoms with Crippen molar-refractivity contribution in [1.29, 1.82) is 0 Å². The first-order valence-electron chi connectivity index (χ1n) is 14.8. The number of amides is 2. The summed E-state index contributed by atoms with van der Waals surface area (Å²) in [5.41, 5.74) is 0.861. The minimum Gasteiger partial charge on any atom is -0.505 e. The number of ether oxygens (including phenoxy) is 1. The predicted octanol–water partition coefficient (Wildman–Crippen LogP) is 2.68. The number of alkyl carbamates (subject to hydrolysis) is 1. The second-order valence-electron chi connectivity index (χ2n) is 10.8. The Bertz CT molecular complexity index is 1700. The quantitative estimate of drug-likeness (QED) is 0.140. The van der Waals surface area contributed by atoms with E-state index in [1.807, 2.05) is 35.2 Å². The van der Waals surface area contributed by atoms with Crippen LogP contribution in [-0.2, 0) is 17.7 Å². The number of benzene rings is 2. The minimum absolute atomic E-state index is 0.0592. The van der Waals surface area contributed by atoms with Crippen molar-refractivity contribution in [3.63, 3.8) is 0 Å². The van der Waals surface area contributed by atoms with Crippen LogP contribution in [0.5, 0.6) is 5.75 Å². The fourth-order valence-corrected chi connectivity index (χ4v) is 5.08. The SMILES string of the molecule is CNC(=O)OCC(N(CCCO)Cc1ccccc1)n1c(=O)c(C(=O)NC(C)CO)c(O)c2ncc(Cc3ccc(F)cc3)cc21. The third kappa shape index (κ3) is 8.24. The molecule has 46 heavy (non-hydrogen) atoms. The van der Waals surface area contributed by atoms with Gasteiger partial charge in [0.05, 0.1) is 12.1 Å². The normalized spacial score (nSPS) is 12.6. The summed E-state index contributed by atoms with van der Waals surface area (Å²) < 4.78 is 20.3. The van der Waals surface area contributed by atoms with Gasteiger partial charge in [-0.25, -0.2) is 9.18 Å². The van der Waals surface area contributed by atoms with E-state index in [9.17, 15) is 34.1 Å². The Morgan fingerprint density at radius 2 is 1.78 bits per heavy atom. The number of carbonyl (C=O) groups is 2. The van der Waals surface area contributed by atoms with Crippen molar-refractivity contribution in [3.05, 3.63) is 105 Å². The number of hydrogen-bond acceptors (Lipinski definition) is 9. The maximum Gasteiger partial charge on any atom is 0.406 e. The van der Waals surface area contributed by atoms with Crippen molar-refractivity contribution >= 4 is 23.0 Å². The first kappa shape index (κ1) is 34.0. The largest absolute Gasteiger partial charge is 0.505 e. The molecule has 2 aromatic heterocycles. The summed E-state index contributed by atoms with van der Waals surface area (Å²) in [4.78, 5) is 46.3. The Balaban J connectivity index is 1.97. The van der Waals surface area contributed by atoms with E-state index in [0.29, 0.717) is 18.4 Å². The Hall–Kier alpha value is -4.85. The summed E-state index contributed by atoms with van der Waals surface area (Å²) in [7, 11) is 1.39. The smallest absolute Gasteiger partial charge is 0.406 e.